The minimum absolute atomic E-state index is 0.182. The zero-order valence-electron chi connectivity index (χ0n) is 17.5. The first-order valence-corrected chi connectivity index (χ1v) is 12.0. The highest BCUT2D eigenvalue weighted by Gasteiger charge is 2.38. The second-order valence-corrected chi connectivity index (χ2v) is 9.62. The Hall–Kier alpha value is -2.59. The number of carbonyl (C=O) groups is 1. The van der Waals surface area contributed by atoms with Crippen LogP contribution in [-0.2, 0) is 21.2 Å². The van der Waals surface area contributed by atoms with Gasteiger partial charge in [0.15, 0.2) is 6.61 Å². The fourth-order valence-electron chi connectivity index (χ4n) is 3.92. The molecule has 1 saturated heterocycles. The molecule has 1 aliphatic heterocycles. The Morgan fingerprint density at radius 2 is 1.81 bits per heavy atom. The molecule has 2 aromatic carbocycles. The maximum absolute atomic E-state index is 12.5. The van der Waals surface area contributed by atoms with Crippen molar-refractivity contribution in [2.75, 3.05) is 19.4 Å². The molecule has 3 rings (SSSR count). The summed E-state index contributed by atoms with van der Waals surface area (Å²) in [5.41, 5.74) is 2.76. The standard InChI is InChI=1S/C22H25F3N2O4S/c1-32(29,30)26-19-11-6-12-27(21(28)31-15-22(23,24)25)20(19)14-16-7-5-10-18(13-16)17-8-3-2-4-9-17/h2-5,7-10,13,19-20,26H,6,11-12,14-15H2,1H3/t19-,20-/m0/s1. The van der Waals surface area contributed by atoms with Gasteiger partial charge in [0.1, 0.15) is 0 Å². The highest BCUT2D eigenvalue weighted by Crippen LogP contribution is 2.26. The van der Waals surface area contributed by atoms with Crippen molar-refractivity contribution >= 4 is 16.1 Å². The van der Waals surface area contributed by atoms with E-state index in [1.807, 2.05) is 54.6 Å². The van der Waals surface area contributed by atoms with Gasteiger partial charge in [-0.05, 0) is 36.0 Å². The number of ether oxygens (including phenoxy) is 1. The molecule has 2 atom stereocenters. The lowest BCUT2D eigenvalue weighted by Crippen LogP contribution is -2.58. The maximum Gasteiger partial charge on any atom is 0.422 e. The monoisotopic (exact) mass is 470 g/mol. The van der Waals surface area contributed by atoms with Crippen LogP contribution in [0, 0.1) is 0 Å². The highest BCUT2D eigenvalue weighted by molar-refractivity contribution is 7.88. The molecule has 0 bridgehead atoms. The number of piperidine rings is 1. The molecule has 0 spiro atoms. The number of alkyl halides is 3. The number of sulfonamides is 1. The van der Waals surface area contributed by atoms with Crippen molar-refractivity contribution in [2.24, 2.45) is 0 Å². The van der Waals surface area contributed by atoms with Gasteiger partial charge in [0.05, 0.1) is 12.3 Å². The fraction of sp³-hybridized carbons (Fsp3) is 0.409. The lowest BCUT2D eigenvalue weighted by atomic mass is 9.90. The van der Waals surface area contributed by atoms with Crippen molar-refractivity contribution in [2.45, 2.75) is 37.5 Å². The first-order chi connectivity index (χ1) is 15.0. The molecule has 0 aromatic heterocycles. The van der Waals surface area contributed by atoms with Gasteiger partial charge < -0.3 is 9.64 Å². The summed E-state index contributed by atoms with van der Waals surface area (Å²) in [6, 6.07) is 15.9. The third kappa shape index (κ3) is 6.96. The molecular weight excluding hydrogens is 445 g/mol. The number of amides is 1. The number of likely N-dealkylation sites (tertiary alicyclic amines) is 1. The summed E-state index contributed by atoms with van der Waals surface area (Å²) in [6.45, 7) is -1.51. The van der Waals surface area contributed by atoms with Gasteiger partial charge >= 0.3 is 12.3 Å². The van der Waals surface area contributed by atoms with Crippen LogP contribution in [-0.4, -0.2) is 57.1 Å². The largest absolute Gasteiger partial charge is 0.440 e. The summed E-state index contributed by atoms with van der Waals surface area (Å²) in [6.07, 6.45) is -3.58. The van der Waals surface area contributed by atoms with Crippen LogP contribution < -0.4 is 4.72 Å². The molecule has 1 heterocycles. The second kappa shape index (κ2) is 9.91. The van der Waals surface area contributed by atoms with E-state index in [2.05, 4.69) is 9.46 Å². The van der Waals surface area contributed by atoms with E-state index in [1.54, 1.807) is 0 Å². The second-order valence-electron chi connectivity index (χ2n) is 7.84. The van der Waals surface area contributed by atoms with Gasteiger partial charge in [-0.15, -0.1) is 0 Å². The van der Waals surface area contributed by atoms with E-state index in [9.17, 15) is 26.4 Å². The summed E-state index contributed by atoms with van der Waals surface area (Å²) >= 11 is 0. The zero-order chi connectivity index (χ0) is 23.4. The van der Waals surface area contributed by atoms with Crippen LogP contribution in [0.25, 0.3) is 11.1 Å². The molecule has 32 heavy (non-hydrogen) atoms. The Labute approximate surface area is 185 Å². The number of carbonyl (C=O) groups excluding carboxylic acids is 1. The van der Waals surface area contributed by atoms with Crippen LogP contribution in [0.5, 0.6) is 0 Å². The minimum Gasteiger partial charge on any atom is -0.440 e. The van der Waals surface area contributed by atoms with E-state index in [0.29, 0.717) is 12.8 Å². The predicted molar refractivity (Wildman–Crippen MR) is 114 cm³/mol. The zero-order valence-corrected chi connectivity index (χ0v) is 18.3. The SMILES string of the molecule is CS(=O)(=O)N[C@H]1CCCN(C(=O)OCC(F)(F)F)[C@H]1Cc1cccc(-c2ccccc2)c1. The summed E-state index contributed by atoms with van der Waals surface area (Å²) in [5, 5.41) is 0. The third-order valence-electron chi connectivity index (χ3n) is 5.22. The molecule has 6 nitrogen and oxygen atoms in total. The molecular formula is C22H25F3N2O4S. The lowest BCUT2D eigenvalue weighted by Gasteiger charge is -2.40. The average Bonchev–Trinajstić information content (AvgIpc) is 2.72. The minimum atomic E-state index is -4.64. The third-order valence-corrected chi connectivity index (χ3v) is 5.95. The van der Waals surface area contributed by atoms with Gasteiger partial charge in [-0.1, -0.05) is 54.6 Å². The van der Waals surface area contributed by atoms with Crippen molar-refractivity contribution in [3.05, 3.63) is 60.2 Å². The number of halogens is 3. The predicted octanol–water partition coefficient (Wildman–Crippen LogP) is 3.98. The molecule has 1 amide bonds. The van der Waals surface area contributed by atoms with Crippen molar-refractivity contribution in [1.29, 1.82) is 0 Å². The Bertz CT molecular complexity index is 1030. The summed E-state index contributed by atoms with van der Waals surface area (Å²) in [7, 11) is -3.59. The van der Waals surface area contributed by atoms with Gasteiger partial charge in [0.2, 0.25) is 10.0 Å². The highest BCUT2D eigenvalue weighted by atomic mass is 32.2. The number of rotatable bonds is 6. The summed E-state index contributed by atoms with van der Waals surface area (Å²) in [5.74, 6) is 0. The molecule has 1 fully saturated rings. The van der Waals surface area contributed by atoms with Crippen LogP contribution in [0.2, 0.25) is 0 Å². The number of nitrogens with one attached hydrogen (secondary N) is 1. The van der Waals surface area contributed by atoms with Gasteiger partial charge in [-0.3, -0.25) is 0 Å². The van der Waals surface area contributed by atoms with Crippen molar-refractivity contribution < 1.29 is 31.1 Å². The molecule has 0 unspecified atom stereocenters. The topological polar surface area (TPSA) is 75.7 Å². The molecule has 10 heteroatoms. The Morgan fingerprint density at radius 3 is 2.47 bits per heavy atom. The van der Waals surface area contributed by atoms with Crippen LogP contribution in [0.1, 0.15) is 18.4 Å². The molecule has 1 aliphatic rings. The molecule has 2 aromatic rings. The number of hydrogen-bond acceptors (Lipinski definition) is 4. The van der Waals surface area contributed by atoms with Crippen LogP contribution in [0.3, 0.4) is 0 Å². The fourth-order valence-corrected chi connectivity index (χ4v) is 4.75. The van der Waals surface area contributed by atoms with Gasteiger partial charge in [0, 0.05) is 12.6 Å². The first kappa shape index (κ1) is 24.1. The van der Waals surface area contributed by atoms with Crippen LogP contribution in [0.15, 0.2) is 54.6 Å². The Kier molecular flexibility index (Phi) is 7.45. The van der Waals surface area contributed by atoms with E-state index in [1.165, 1.54) is 4.90 Å². The quantitative estimate of drug-likeness (QED) is 0.693. The summed E-state index contributed by atoms with van der Waals surface area (Å²) in [4.78, 5) is 13.7. The Morgan fingerprint density at radius 1 is 1.12 bits per heavy atom. The van der Waals surface area contributed by atoms with E-state index in [0.717, 1.165) is 22.9 Å². The maximum atomic E-state index is 12.5. The Balaban J connectivity index is 1.86. The van der Waals surface area contributed by atoms with Crippen molar-refractivity contribution in [3.8, 4) is 11.1 Å². The average molecular weight is 471 g/mol. The number of hydrogen-bond donors (Lipinski definition) is 1. The van der Waals surface area contributed by atoms with E-state index >= 15 is 0 Å². The smallest absolute Gasteiger partial charge is 0.422 e. The molecule has 0 aliphatic carbocycles. The van der Waals surface area contributed by atoms with Crippen molar-refractivity contribution in [3.63, 3.8) is 0 Å². The van der Waals surface area contributed by atoms with E-state index in [4.69, 9.17) is 0 Å². The van der Waals surface area contributed by atoms with E-state index < -0.39 is 41.0 Å². The molecule has 1 N–H and O–H groups in total. The molecule has 0 radical (unpaired) electrons. The normalized spacial score (nSPS) is 19.6. The van der Waals surface area contributed by atoms with Gasteiger partial charge in [-0.2, -0.15) is 13.2 Å². The molecule has 0 saturated carbocycles. The lowest BCUT2D eigenvalue weighted by molar-refractivity contribution is -0.163. The van der Waals surface area contributed by atoms with Gasteiger partial charge in [-0.25, -0.2) is 17.9 Å². The first-order valence-electron chi connectivity index (χ1n) is 10.1. The molecule has 174 valence electrons. The number of benzene rings is 2. The van der Waals surface area contributed by atoms with Crippen LogP contribution in [0.4, 0.5) is 18.0 Å². The van der Waals surface area contributed by atoms with Crippen LogP contribution >= 0.6 is 0 Å². The number of nitrogens with zero attached hydrogens (tertiary/aromatic N) is 1. The van der Waals surface area contributed by atoms with Gasteiger partial charge in [0.25, 0.3) is 0 Å². The van der Waals surface area contributed by atoms with Crippen molar-refractivity contribution in [1.82, 2.24) is 9.62 Å². The summed E-state index contributed by atoms with van der Waals surface area (Å²) < 4.78 is 68.4. The van der Waals surface area contributed by atoms with E-state index in [-0.39, 0.29) is 13.0 Å².